The molecule has 0 spiro atoms. The molecule has 0 bridgehead atoms. The summed E-state index contributed by atoms with van der Waals surface area (Å²) < 4.78 is 64.6. The third-order valence-electron chi connectivity index (χ3n) is 6.57. The number of alkyl halides is 3. The molecule has 3 aromatic rings. The van der Waals surface area contributed by atoms with E-state index in [0.717, 1.165) is 42.5 Å². The minimum Gasteiger partial charge on any atom is -0.223 e. The van der Waals surface area contributed by atoms with E-state index in [2.05, 4.69) is 12.1 Å². The maximum absolute atomic E-state index is 13.2. The highest BCUT2D eigenvalue weighted by atomic mass is 32.2. The van der Waals surface area contributed by atoms with Crippen molar-refractivity contribution in [2.45, 2.75) is 31.9 Å². The Morgan fingerprint density at radius 3 is 2.26 bits per heavy atom. The Labute approximate surface area is 197 Å². The standard InChI is InChI=1S/C28H23F3O2S/c29-28(30,31)21-13-10-19(11-14-21)5-4-18-34(32,33)27-9-3-8-23-25-15-12-20-6-1-2-7-22(20)24(25)16-17-26(23)27/h1-2,4-7,9-11,13-14,16-17H,3,8,12,15,18H2. The van der Waals surface area contributed by atoms with E-state index in [4.69, 9.17) is 0 Å². The predicted molar refractivity (Wildman–Crippen MR) is 130 cm³/mol. The molecule has 2 nitrogen and oxygen atoms in total. The van der Waals surface area contributed by atoms with Crippen LogP contribution in [0.5, 0.6) is 0 Å². The SMILES string of the molecule is O=S(=O)(CC=Cc1ccc(C(F)(F)F)cc1)C1=CCCc2c1ccc1c2CCc2ccccc2-1. The van der Waals surface area contributed by atoms with Gasteiger partial charge in [0.1, 0.15) is 0 Å². The molecule has 0 amide bonds. The van der Waals surface area contributed by atoms with Gasteiger partial charge < -0.3 is 0 Å². The van der Waals surface area contributed by atoms with Crippen molar-refractivity contribution in [2.75, 3.05) is 5.75 Å². The smallest absolute Gasteiger partial charge is 0.223 e. The van der Waals surface area contributed by atoms with Crippen LogP contribution in [0.1, 0.15) is 39.8 Å². The van der Waals surface area contributed by atoms with Crippen LogP contribution >= 0.6 is 0 Å². The van der Waals surface area contributed by atoms with E-state index in [1.54, 1.807) is 12.2 Å². The molecule has 0 saturated heterocycles. The number of sulfone groups is 1. The van der Waals surface area contributed by atoms with Gasteiger partial charge in [-0.25, -0.2) is 8.42 Å². The quantitative estimate of drug-likeness (QED) is 0.408. The van der Waals surface area contributed by atoms with Gasteiger partial charge in [0.25, 0.3) is 0 Å². The highest BCUT2D eigenvalue weighted by Crippen LogP contribution is 2.41. The molecular weight excluding hydrogens is 457 g/mol. The zero-order valence-corrected chi connectivity index (χ0v) is 19.2. The van der Waals surface area contributed by atoms with E-state index in [1.165, 1.54) is 40.5 Å². The van der Waals surface area contributed by atoms with Gasteiger partial charge in [-0.2, -0.15) is 13.2 Å². The Kier molecular flexibility index (Phi) is 5.72. The van der Waals surface area contributed by atoms with Gasteiger partial charge in [-0.1, -0.05) is 66.8 Å². The van der Waals surface area contributed by atoms with Crippen molar-refractivity contribution in [1.29, 1.82) is 0 Å². The first kappa shape index (κ1) is 22.7. The summed E-state index contributed by atoms with van der Waals surface area (Å²) >= 11 is 0. The topological polar surface area (TPSA) is 34.1 Å². The van der Waals surface area contributed by atoms with Gasteiger partial charge in [0.15, 0.2) is 9.84 Å². The van der Waals surface area contributed by atoms with Crippen molar-refractivity contribution >= 4 is 20.8 Å². The van der Waals surface area contributed by atoms with Crippen molar-refractivity contribution in [2.24, 2.45) is 0 Å². The van der Waals surface area contributed by atoms with Crippen LogP contribution in [0, 0.1) is 0 Å². The maximum Gasteiger partial charge on any atom is 0.416 e. The molecule has 6 heteroatoms. The summed E-state index contributed by atoms with van der Waals surface area (Å²) in [6, 6.07) is 17.0. The Hall–Kier alpha value is -3.12. The van der Waals surface area contributed by atoms with Gasteiger partial charge in [0.05, 0.1) is 16.2 Å². The molecule has 0 N–H and O–H groups in total. The zero-order chi connectivity index (χ0) is 23.9. The molecule has 2 aliphatic rings. The number of halogens is 3. The summed E-state index contributed by atoms with van der Waals surface area (Å²) in [5.41, 5.74) is 6.69. The first-order valence-electron chi connectivity index (χ1n) is 11.2. The van der Waals surface area contributed by atoms with Crippen LogP contribution in [-0.2, 0) is 35.3 Å². The molecular formula is C28H23F3O2S. The van der Waals surface area contributed by atoms with E-state index >= 15 is 0 Å². The lowest BCUT2D eigenvalue weighted by atomic mass is 9.79. The summed E-state index contributed by atoms with van der Waals surface area (Å²) in [5, 5.41) is 0. The minimum absolute atomic E-state index is 0.209. The predicted octanol–water partition coefficient (Wildman–Crippen LogP) is 6.89. The number of hydrogen-bond acceptors (Lipinski definition) is 2. The fraction of sp³-hybridized carbons (Fsp3) is 0.214. The van der Waals surface area contributed by atoms with E-state index < -0.39 is 21.6 Å². The van der Waals surface area contributed by atoms with Gasteiger partial charge in [-0.15, -0.1) is 0 Å². The lowest BCUT2D eigenvalue weighted by molar-refractivity contribution is -0.137. The molecule has 2 aliphatic carbocycles. The first-order chi connectivity index (χ1) is 16.2. The number of benzene rings is 3. The second-order valence-electron chi connectivity index (χ2n) is 8.69. The summed E-state index contributed by atoms with van der Waals surface area (Å²) in [4.78, 5) is 0.354. The Bertz CT molecular complexity index is 1410. The number of allylic oxidation sites excluding steroid dienone is 1. The molecule has 34 heavy (non-hydrogen) atoms. The number of fused-ring (bicyclic) bond motifs is 5. The van der Waals surface area contributed by atoms with Gasteiger partial charge in [-0.3, -0.25) is 0 Å². The molecule has 0 radical (unpaired) electrons. The second-order valence-corrected chi connectivity index (χ2v) is 10.7. The van der Waals surface area contributed by atoms with E-state index in [9.17, 15) is 21.6 Å². The first-order valence-corrected chi connectivity index (χ1v) is 12.9. The Balaban J connectivity index is 1.40. The van der Waals surface area contributed by atoms with Crippen LogP contribution in [0.15, 0.2) is 72.8 Å². The molecule has 0 saturated carbocycles. The number of aryl methyl sites for hydroxylation is 1. The highest BCUT2D eigenvalue weighted by Gasteiger charge is 2.30. The second kappa shape index (κ2) is 8.58. The van der Waals surface area contributed by atoms with Crippen LogP contribution in [0.25, 0.3) is 22.1 Å². The van der Waals surface area contributed by atoms with Crippen molar-refractivity contribution in [3.05, 3.63) is 106 Å². The van der Waals surface area contributed by atoms with Gasteiger partial charge in [-0.05, 0) is 76.8 Å². The van der Waals surface area contributed by atoms with E-state index in [1.807, 2.05) is 24.3 Å². The number of hydrogen-bond donors (Lipinski definition) is 0. The van der Waals surface area contributed by atoms with Crippen molar-refractivity contribution in [3.63, 3.8) is 0 Å². The van der Waals surface area contributed by atoms with Crippen LogP contribution in [0.2, 0.25) is 0 Å². The third kappa shape index (κ3) is 4.23. The van der Waals surface area contributed by atoms with Crippen molar-refractivity contribution in [3.8, 4) is 11.1 Å². The van der Waals surface area contributed by atoms with Crippen LogP contribution in [-0.4, -0.2) is 14.2 Å². The largest absolute Gasteiger partial charge is 0.416 e. The van der Waals surface area contributed by atoms with Crippen LogP contribution < -0.4 is 0 Å². The van der Waals surface area contributed by atoms with E-state index in [0.29, 0.717) is 16.9 Å². The summed E-state index contributed by atoms with van der Waals surface area (Å²) in [7, 11) is -3.59. The molecule has 0 aliphatic heterocycles. The number of rotatable bonds is 4. The monoisotopic (exact) mass is 480 g/mol. The molecule has 0 atom stereocenters. The van der Waals surface area contributed by atoms with Crippen molar-refractivity contribution in [1.82, 2.24) is 0 Å². The molecule has 0 fully saturated rings. The average Bonchev–Trinajstić information content (AvgIpc) is 2.83. The summed E-state index contributed by atoms with van der Waals surface area (Å²) in [6.07, 6.45) is 3.79. The zero-order valence-electron chi connectivity index (χ0n) is 18.4. The average molecular weight is 481 g/mol. The van der Waals surface area contributed by atoms with Crippen LogP contribution in [0.3, 0.4) is 0 Å². The molecule has 3 aromatic carbocycles. The fourth-order valence-corrected chi connectivity index (χ4v) is 6.37. The summed E-state index contributed by atoms with van der Waals surface area (Å²) in [6.45, 7) is 0. The lowest BCUT2D eigenvalue weighted by Crippen LogP contribution is -2.15. The van der Waals surface area contributed by atoms with Gasteiger partial charge >= 0.3 is 6.18 Å². The van der Waals surface area contributed by atoms with Crippen molar-refractivity contribution < 1.29 is 21.6 Å². The Morgan fingerprint density at radius 2 is 1.50 bits per heavy atom. The Morgan fingerprint density at radius 1 is 0.794 bits per heavy atom. The van der Waals surface area contributed by atoms with E-state index in [-0.39, 0.29) is 5.75 Å². The molecule has 0 unspecified atom stereocenters. The van der Waals surface area contributed by atoms with Gasteiger partial charge in [0.2, 0.25) is 0 Å². The fourth-order valence-electron chi connectivity index (χ4n) is 4.94. The van der Waals surface area contributed by atoms with Gasteiger partial charge in [0, 0.05) is 0 Å². The third-order valence-corrected chi connectivity index (χ3v) is 8.26. The summed E-state index contributed by atoms with van der Waals surface area (Å²) in [5.74, 6) is -0.209. The highest BCUT2D eigenvalue weighted by molar-refractivity contribution is 8.00. The minimum atomic E-state index is -4.40. The maximum atomic E-state index is 13.2. The molecule has 5 rings (SSSR count). The molecule has 0 aromatic heterocycles. The normalized spacial score (nSPS) is 15.4. The molecule has 174 valence electrons. The molecule has 0 heterocycles. The lowest BCUT2D eigenvalue weighted by Gasteiger charge is -2.27. The van der Waals surface area contributed by atoms with Crippen LogP contribution in [0.4, 0.5) is 13.2 Å².